The maximum atomic E-state index is 12.9. The molecular weight excluding hydrogens is 378 g/mol. The number of amides is 2. The third kappa shape index (κ3) is 4.58. The first-order valence-electron chi connectivity index (χ1n) is 9.10. The molecule has 0 unspecified atom stereocenters. The van der Waals surface area contributed by atoms with Crippen molar-refractivity contribution in [2.45, 2.75) is 30.7 Å². The minimum absolute atomic E-state index is 0.0894. The number of carbonyl (C=O) groups is 2. The largest absolute Gasteiger partial charge is 0.346 e. The second-order valence-corrected chi connectivity index (χ2v) is 8.65. The molecule has 8 heteroatoms. The van der Waals surface area contributed by atoms with E-state index in [9.17, 15) is 18.0 Å². The quantitative estimate of drug-likeness (QED) is 0.748. The molecule has 0 bridgehead atoms. The van der Waals surface area contributed by atoms with E-state index in [-0.39, 0.29) is 17.5 Å². The molecule has 1 aliphatic rings. The van der Waals surface area contributed by atoms with Crippen LogP contribution in [0.15, 0.2) is 59.5 Å². The lowest BCUT2D eigenvalue weighted by molar-refractivity contribution is -0.136. The number of hydrogen-bond donors (Lipinski definition) is 2. The van der Waals surface area contributed by atoms with E-state index in [0.29, 0.717) is 25.1 Å². The molecule has 3 rings (SSSR count). The first-order chi connectivity index (χ1) is 13.4. The highest BCUT2D eigenvalue weighted by atomic mass is 32.2. The predicted molar refractivity (Wildman–Crippen MR) is 106 cm³/mol. The maximum Gasteiger partial charge on any atom is 0.313 e. The van der Waals surface area contributed by atoms with Gasteiger partial charge in [-0.1, -0.05) is 35.9 Å². The van der Waals surface area contributed by atoms with E-state index in [1.54, 1.807) is 54.6 Å². The molecule has 0 spiro atoms. The second kappa shape index (κ2) is 8.53. The van der Waals surface area contributed by atoms with E-state index in [2.05, 4.69) is 10.6 Å². The smallest absolute Gasteiger partial charge is 0.313 e. The number of nitrogens with zero attached hydrogens (tertiary/aromatic N) is 1. The number of hydrogen-bond acceptors (Lipinski definition) is 4. The molecule has 0 radical (unpaired) electrons. The van der Waals surface area contributed by atoms with E-state index < -0.39 is 21.8 Å². The molecule has 1 fully saturated rings. The van der Waals surface area contributed by atoms with Gasteiger partial charge in [0.25, 0.3) is 0 Å². The highest BCUT2D eigenvalue weighted by Crippen LogP contribution is 2.26. The van der Waals surface area contributed by atoms with Gasteiger partial charge in [0.2, 0.25) is 10.0 Å². The Kier molecular flexibility index (Phi) is 6.11. The van der Waals surface area contributed by atoms with E-state index in [1.807, 2.05) is 6.92 Å². The molecule has 1 atom stereocenters. The summed E-state index contributed by atoms with van der Waals surface area (Å²) in [5, 5.41) is 5.06. The van der Waals surface area contributed by atoms with Crippen LogP contribution in [-0.4, -0.2) is 43.7 Å². The summed E-state index contributed by atoms with van der Waals surface area (Å²) in [7, 11) is -3.64. The molecule has 1 heterocycles. The van der Waals surface area contributed by atoms with Crippen molar-refractivity contribution in [3.05, 3.63) is 60.2 Å². The van der Waals surface area contributed by atoms with Gasteiger partial charge in [0.05, 0.1) is 4.90 Å². The van der Waals surface area contributed by atoms with Gasteiger partial charge in [-0.05, 0) is 44.0 Å². The molecule has 2 aromatic carbocycles. The van der Waals surface area contributed by atoms with Crippen LogP contribution < -0.4 is 10.6 Å². The van der Waals surface area contributed by atoms with E-state index in [4.69, 9.17) is 0 Å². The molecule has 2 amide bonds. The van der Waals surface area contributed by atoms with Crippen LogP contribution in [0.25, 0.3) is 0 Å². The Bertz CT molecular complexity index is 943. The molecular formula is C20H23N3O4S. The standard InChI is InChI=1S/C20H23N3O4S/c1-15-9-11-18(12-10-15)28(26,27)23-13-5-8-17(23)14-21-19(24)20(25)22-16-6-3-2-4-7-16/h2-4,6-7,9-12,17H,5,8,13-14H2,1H3,(H,21,24)(H,22,25)/t17-/m0/s1. The normalized spacial score (nSPS) is 17.2. The minimum Gasteiger partial charge on any atom is -0.346 e. The summed E-state index contributed by atoms with van der Waals surface area (Å²) in [5.74, 6) is -1.57. The van der Waals surface area contributed by atoms with Crippen LogP contribution in [0.2, 0.25) is 0 Å². The summed E-state index contributed by atoms with van der Waals surface area (Å²) in [4.78, 5) is 24.3. The van der Waals surface area contributed by atoms with E-state index in [0.717, 1.165) is 5.56 Å². The molecule has 2 aromatic rings. The summed E-state index contributed by atoms with van der Waals surface area (Å²) in [6.07, 6.45) is 1.34. The zero-order chi connectivity index (χ0) is 20.1. The number of sulfonamides is 1. The molecule has 1 aliphatic heterocycles. The van der Waals surface area contributed by atoms with Crippen molar-refractivity contribution in [1.82, 2.24) is 9.62 Å². The number of anilines is 1. The lowest BCUT2D eigenvalue weighted by Crippen LogP contribution is -2.45. The summed E-state index contributed by atoms with van der Waals surface area (Å²) in [5.41, 5.74) is 1.50. The molecule has 1 saturated heterocycles. The Hall–Kier alpha value is -2.71. The average Bonchev–Trinajstić information content (AvgIpc) is 3.17. The minimum atomic E-state index is -3.64. The maximum absolute atomic E-state index is 12.9. The van der Waals surface area contributed by atoms with Crippen molar-refractivity contribution >= 4 is 27.5 Å². The third-order valence-electron chi connectivity index (χ3n) is 4.69. The Morgan fingerprint density at radius 1 is 1.04 bits per heavy atom. The number of para-hydroxylation sites is 1. The molecule has 0 saturated carbocycles. The fourth-order valence-corrected chi connectivity index (χ4v) is 4.87. The van der Waals surface area contributed by atoms with Gasteiger partial charge in [0.1, 0.15) is 0 Å². The molecule has 148 valence electrons. The third-order valence-corrected chi connectivity index (χ3v) is 6.65. The summed E-state index contributed by atoms with van der Waals surface area (Å²) < 4.78 is 27.2. The molecule has 2 N–H and O–H groups in total. The van der Waals surface area contributed by atoms with Crippen LogP contribution in [0, 0.1) is 6.92 Å². The van der Waals surface area contributed by atoms with Gasteiger partial charge in [-0.2, -0.15) is 4.31 Å². The van der Waals surface area contributed by atoms with Crippen LogP contribution in [0.5, 0.6) is 0 Å². The van der Waals surface area contributed by atoms with Gasteiger partial charge in [-0.3, -0.25) is 9.59 Å². The SMILES string of the molecule is Cc1ccc(S(=O)(=O)N2CCC[C@H]2CNC(=O)C(=O)Nc2ccccc2)cc1. The highest BCUT2D eigenvalue weighted by Gasteiger charge is 2.35. The van der Waals surface area contributed by atoms with Crippen molar-refractivity contribution in [2.24, 2.45) is 0 Å². The van der Waals surface area contributed by atoms with Crippen LogP contribution in [0.1, 0.15) is 18.4 Å². The van der Waals surface area contributed by atoms with Crippen molar-refractivity contribution in [2.75, 3.05) is 18.4 Å². The summed E-state index contributed by atoms with van der Waals surface area (Å²) in [6.45, 7) is 2.38. The van der Waals surface area contributed by atoms with Gasteiger partial charge in [-0.25, -0.2) is 8.42 Å². The zero-order valence-electron chi connectivity index (χ0n) is 15.6. The van der Waals surface area contributed by atoms with Gasteiger partial charge >= 0.3 is 11.8 Å². The van der Waals surface area contributed by atoms with Crippen LogP contribution in [0.3, 0.4) is 0 Å². The molecule has 7 nitrogen and oxygen atoms in total. The zero-order valence-corrected chi connectivity index (χ0v) is 16.4. The fraction of sp³-hybridized carbons (Fsp3) is 0.300. The fourth-order valence-electron chi connectivity index (χ4n) is 3.18. The van der Waals surface area contributed by atoms with Crippen molar-refractivity contribution in [3.8, 4) is 0 Å². The number of carbonyl (C=O) groups excluding carboxylic acids is 2. The van der Waals surface area contributed by atoms with E-state index in [1.165, 1.54) is 4.31 Å². The van der Waals surface area contributed by atoms with Crippen molar-refractivity contribution in [3.63, 3.8) is 0 Å². The highest BCUT2D eigenvalue weighted by molar-refractivity contribution is 7.89. The first kappa shape index (κ1) is 20.0. The van der Waals surface area contributed by atoms with Gasteiger partial charge in [0.15, 0.2) is 0 Å². The summed E-state index contributed by atoms with van der Waals surface area (Å²) >= 11 is 0. The second-order valence-electron chi connectivity index (χ2n) is 6.76. The topological polar surface area (TPSA) is 95.6 Å². The number of benzene rings is 2. The van der Waals surface area contributed by atoms with Crippen LogP contribution in [0.4, 0.5) is 5.69 Å². The first-order valence-corrected chi connectivity index (χ1v) is 10.5. The monoisotopic (exact) mass is 401 g/mol. The van der Waals surface area contributed by atoms with Crippen LogP contribution in [-0.2, 0) is 19.6 Å². The molecule has 0 aliphatic carbocycles. The van der Waals surface area contributed by atoms with Crippen molar-refractivity contribution in [1.29, 1.82) is 0 Å². The van der Waals surface area contributed by atoms with Crippen LogP contribution >= 0.6 is 0 Å². The number of nitrogens with one attached hydrogen (secondary N) is 2. The summed E-state index contributed by atoms with van der Waals surface area (Å²) in [6, 6.07) is 15.0. The number of rotatable bonds is 5. The molecule has 28 heavy (non-hydrogen) atoms. The Morgan fingerprint density at radius 2 is 1.71 bits per heavy atom. The van der Waals surface area contributed by atoms with Gasteiger partial charge in [-0.15, -0.1) is 0 Å². The average molecular weight is 401 g/mol. The molecule has 0 aromatic heterocycles. The lowest BCUT2D eigenvalue weighted by atomic mass is 10.2. The Balaban J connectivity index is 1.61. The van der Waals surface area contributed by atoms with E-state index >= 15 is 0 Å². The lowest BCUT2D eigenvalue weighted by Gasteiger charge is -2.24. The Morgan fingerprint density at radius 3 is 2.39 bits per heavy atom. The Labute approximate surface area is 164 Å². The van der Waals surface area contributed by atoms with Gasteiger partial charge < -0.3 is 10.6 Å². The van der Waals surface area contributed by atoms with Crippen molar-refractivity contribution < 1.29 is 18.0 Å². The number of aryl methyl sites for hydroxylation is 1. The van der Waals surface area contributed by atoms with Gasteiger partial charge in [0, 0.05) is 24.8 Å². The predicted octanol–water partition coefficient (Wildman–Crippen LogP) is 1.90.